The van der Waals surface area contributed by atoms with E-state index in [1.807, 2.05) is 78.9 Å². The van der Waals surface area contributed by atoms with E-state index in [1.165, 1.54) is 11.3 Å². The lowest BCUT2D eigenvalue weighted by Gasteiger charge is -2.24. The molecule has 170 valence electrons. The van der Waals surface area contributed by atoms with Gasteiger partial charge in [-0.2, -0.15) is 0 Å². The minimum absolute atomic E-state index is 0.185. The lowest BCUT2D eigenvalue weighted by atomic mass is 10.0. The van der Waals surface area contributed by atoms with E-state index in [4.69, 9.17) is 4.74 Å². The quantitative estimate of drug-likeness (QED) is 0.384. The molecular weight excluding hydrogens is 446 g/mol. The monoisotopic (exact) mass is 469 g/mol. The summed E-state index contributed by atoms with van der Waals surface area (Å²) < 4.78 is 5.38. The zero-order chi connectivity index (χ0) is 23.3. The van der Waals surface area contributed by atoms with Crippen molar-refractivity contribution in [2.24, 2.45) is 0 Å². The van der Waals surface area contributed by atoms with E-state index < -0.39 is 5.97 Å². The molecule has 1 aliphatic rings. The minimum atomic E-state index is -0.617. The third kappa shape index (κ3) is 4.70. The van der Waals surface area contributed by atoms with Crippen LogP contribution in [0.25, 0.3) is 0 Å². The number of nitrogens with zero attached hydrogens (tertiary/aromatic N) is 2. The molecule has 3 aromatic carbocycles. The highest BCUT2D eigenvalue weighted by Crippen LogP contribution is 2.36. The summed E-state index contributed by atoms with van der Waals surface area (Å²) in [5, 5.41) is 5.46. The minimum Gasteiger partial charge on any atom is -0.451 e. The van der Waals surface area contributed by atoms with Crippen molar-refractivity contribution in [3.63, 3.8) is 0 Å². The topological polar surface area (TPSA) is 71.5 Å². The maximum absolute atomic E-state index is 13.3. The summed E-state index contributed by atoms with van der Waals surface area (Å²) in [6.45, 7) is 0.237. The lowest BCUT2D eigenvalue weighted by Crippen LogP contribution is -2.31. The number of ether oxygens (including phenoxy) is 1. The number of carbonyl (C=O) groups is 2. The molecule has 0 aliphatic carbocycles. The van der Waals surface area contributed by atoms with Crippen LogP contribution in [0.3, 0.4) is 0 Å². The molecule has 2 heterocycles. The maximum Gasteiger partial charge on any atom is 0.358 e. The summed E-state index contributed by atoms with van der Waals surface area (Å²) in [5.41, 5.74) is 5.14. The van der Waals surface area contributed by atoms with Gasteiger partial charge in [0.2, 0.25) is 0 Å². The van der Waals surface area contributed by atoms with E-state index in [9.17, 15) is 9.59 Å². The van der Waals surface area contributed by atoms with Crippen LogP contribution in [-0.4, -0.2) is 23.5 Å². The number of amides is 1. The Morgan fingerprint density at radius 3 is 2.18 bits per heavy atom. The van der Waals surface area contributed by atoms with Crippen molar-refractivity contribution in [3.05, 3.63) is 107 Å². The molecule has 1 aliphatic heterocycles. The summed E-state index contributed by atoms with van der Waals surface area (Å²) in [5.74, 6) is -0.915. The molecule has 7 heteroatoms. The molecule has 1 aromatic heterocycles. The van der Waals surface area contributed by atoms with Crippen molar-refractivity contribution >= 4 is 39.7 Å². The summed E-state index contributed by atoms with van der Waals surface area (Å²) >= 11 is 1.33. The second kappa shape index (κ2) is 9.89. The molecule has 4 aromatic rings. The van der Waals surface area contributed by atoms with Crippen LogP contribution < -0.4 is 10.2 Å². The summed E-state index contributed by atoms with van der Waals surface area (Å²) in [6.07, 6.45) is 1.68. The van der Waals surface area contributed by atoms with E-state index in [-0.39, 0.29) is 18.2 Å². The molecule has 5 rings (SSSR count). The molecule has 1 N–H and O–H groups in total. The number of fused-ring (bicyclic) bond motifs is 2. The van der Waals surface area contributed by atoms with E-state index in [0.717, 1.165) is 40.9 Å². The van der Waals surface area contributed by atoms with Gasteiger partial charge in [-0.15, -0.1) is 11.3 Å². The third-order valence-corrected chi connectivity index (χ3v) is 6.50. The van der Waals surface area contributed by atoms with Crippen molar-refractivity contribution in [2.45, 2.75) is 19.4 Å². The van der Waals surface area contributed by atoms with Crippen LogP contribution in [0.1, 0.15) is 27.2 Å². The second-order valence-corrected chi connectivity index (χ2v) is 8.80. The predicted octanol–water partition coefficient (Wildman–Crippen LogP) is 5.38. The fourth-order valence-corrected chi connectivity index (χ4v) is 4.72. The van der Waals surface area contributed by atoms with E-state index in [0.29, 0.717) is 11.7 Å². The normalized spacial score (nSPS) is 12.3. The predicted molar refractivity (Wildman–Crippen MR) is 134 cm³/mol. The molecular formula is C27H23N3O3S. The first-order valence-corrected chi connectivity index (χ1v) is 12.0. The Bertz CT molecular complexity index is 1270. The third-order valence-electron chi connectivity index (χ3n) is 5.70. The molecule has 0 unspecified atom stereocenters. The van der Waals surface area contributed by atoms with E-state index in [2.05, 4.69) is 10.3 Å². The average molecular weight is 470 g/mol. The number of aromatic nitrogens is 1. The number of nitrogens with one attached hydrogen (secondary N) is 1. The molecule has 1 amide bonds. The largest absolute Gasteiger partial charge is 0.451 e. The zero-order valence-corrected chi connectivity index (χ0v) is 19.3. The van der Waals surface area contributed by atoms with Crippen LogP contribution in [0.4, 0.5) is 16.5 Å². The Hall–Kier alpha value is -3.97. The number of para-hydroxylation sites is 2. The number of anilines is 3. The van der Waals surface area contributed by atoms with Crippen molar-refractivity contribution in [1.82, 2.24) is 4.98 Å². The number of esters is 1. The van der Waals surface area contributed by atoms with E-state index >= 15 is 0 Å². The number of benzene rings is 3. The lowest BCUT2D eigenvalue weighted by molar-refractivity contribution is -0.121. The van der Waals surface area contributed by atoms with Gasteiger partial charge in [-0.05, 0) is 41.7 Å². The van der Waals surface area contributed by atoms with Gasteiger partial charge < -0.3 is 10.1 Å². The Labute approximate surface area is 201 Å². The molecule has 0 saturated heterocycles. The first-order chi connectivity index (χ1) is 16.7. The van der Waals surface area contributed by atoms with Crippen molar-refractivity contribution < 1.29 is 14.3 Å². The number of hydrogen-bond donors (Lipinski definition) is 1. The van der Waals surface area contributed by atoms with Gasteiger partial charge in [-0.3, -0.25) is 9.69 Å². The van der Waals surface area contributed by atoms with Gasteiger partial charge in [0.1, 0.15) is 0 Å². The van der Waals surface area contributed by atoms with Crippen LogP contribution in [0.15, 0.2) is 84.2 Å². The highest BCUT2D eigenvalue weighted by atomic mass is 32.1. The molecule has 0 bridgehead atoms. The van der Waals surface area contributed by atoms with E-state index in [1.54, 1.807) is 10.3 Å². The number of thiazole rings is 1. The SMILES string of the molecule is O=C(OCC(=O)N1c2ccccc2CCc2ccccc21)c1csc(NCc2ccccc2)n1. The van der Waals surface area contributed by atoms with Gasteiger partial charge >= 0.3 is 5.97 Å². The van der Waals surface area contributed by atoms with Gasteiger partial charge in [-0.25, -0.2) is 9.78 Å². The fraction of sp³-hybridized carbons (Fsp3) is 0.148. The van der Waals surface area contributed by atoms with Crippen molar-refractivity contribution in [3.8, 4) is 0 Å². The van der Waals surface area contributed by atoms with Crippen LogP contribution >= 0.6 is 11.3 Å². The molecule has 0 spiro atoms. The molecule has 0 fully saturated rings. The number of aryl methyl sites for hydroxylation is 2. The van der Waals surface area contributed by atoms with Gasteiger partial charge in [0.15, 0.2) is 17.4 Å². The van der Waals surface area contributed by atoms with Gasteiger partial charge in [0.05, 0.1) is 11.4 Å². The van der Waals surface area contributed by atoms with Crippen LogP contribution in [0.2, 0.25) is 0 Å². The number of rotatable bonds is 6. The highest BCUT2D eigenvalue weighted by molar-refractivity contribution is 7.13. The smallest absolute Gasteiger partial charge is 0.358 e. The average Bonchev–Trinajstić information content (AvgIpc) is 3.29. The highest BCUT2D eigenvalue weighted by Gasteiger charge is 2.26. The van der Waals surface area contributed by atoms with Crippen LogP contribution in [-0.2, 0) is 28.9 Å². The molecule has 6 nitrogen and oxygen atoms in total. The maximum atomic E-state index is 13.3. The first kappa shape index (κ1) is 21.9. The van der Waals surface area contributed by atoms with Gasteiger partial charge in [-0.1, -0.05) is 66.7 Å². The summed E-state index contributed by atoms with van der Waals surface area (Å²) in [7, 11) is 0. The van der Waals surface area contributed by atoms with Crippen LogP contribution in [0, 0.1) is 0 Å². The fourth-order valence-electron chi connectivity index (χ4n) is 4.04. The molecule has 0 saturated carbocycles. The summed E-state index contributed by atoms with van der Waals surface area (Å²) in [6, 6.07) is 25.7. The molecule has 0 atom stereocenters. The van der Waals surface area contributed by atoms with Crippen molar-refractivity contribution in [2.75, 3.05) is 16.8 Å². The number of carbonyl (C=O) groups excluding carboxylic acids is 2. The Morgan fingerprint density at radius 2 is 1.50 bits per heavy atom. The Balaban J connectivity index is 1.27. The zero-order valence-electron chi connectivity index (χ0n) is 18.4. The van der Waals surface area contributed by atoms with Crippen molar-refractivity contribution in [1.29, 1.82) is 0 Å². The first-order valence-electron chi connectivity index (χ1n) is 11.1. The summed E-state index contributed by atoms with van der Waals surface area (Å²) in [4.78, 5) is 31.9. The van der Waals surface area contributed by atoms with Gasteiger partial charge in [0.25, 0.3) is 5.91 Å². The van der Waals surface area contributed by atoms with Crippen LogP contribution in [0.5, 0.6) is 0 Å². The molecule has 34 heavy (non-hydrogen) atoms. The Morgan fingerprint density at radius 1 is 0.882 bits per heavy atom. The standard InChI is InChI=1S/C27H23N3O3S/c31-25(30-23-12-6-4-10-20(23)14-15-21-11-5-7-13-24(21)30)17-33-26(32)22-18-34-27(29-22)28-16-19-8-2-1-3-9-19/h1-13,18H,14-17H2,(H,28,29). The second-order valence-electron chi connectivity index (χ2n) is 7.94. The number of hydrogen-bond acceptors (Lipinski definition) is 6. The van der Waals surface area contributed by atoms with Gasteiger partial charge in [0, 0.05) is 11.9 Å². The molecule has 0 radical (unpaired) electrons. The Kier molecular flexibility index (Phi) is 6.35.